The van der Waals surface area contributed by atoms with Crippen molar-refractivity contribution >= 4 is 27.9 Å². The molecule has 132 valence electrons. The van der Waals surface area contributed by atoms with Gasteiger partial charge in [0.05, 0.1) is 16.8 Å². The normalized spacial score (nSPS) is 15.1. The molecule has 1 fully saturated rings. The van der Waals surface area contributed by atoms with E-state index in [0.29, 0.717) is 13.1 Å². The van der Waals surface area contributed by atoms with Crippen molar-refractivity contribution in [2.24, 2.45) is 0 Å². The number of nitrogens with one attached hydrogen (secondary N) is 1. The smallest absolute Gasteiger partial charge is 0.263 e. The fourth-order valence-electron chi connectivity index (χ4n) is 2.70. The molecule has 1 N–H and O–H groups in total. The highest BCUT2D eigenvalue weighted by Crippen LogP contribution is 2.19. The Morgan fingerprint density at radius 2 is 1.88 bits per heavy atom. The van der Waals surface area contributed by atoms with Crippen molar-refractivity contribution in [1.82, 2.24) is 9.88 Å². The maximum Gasteiger partial charge on any atom is 0.263 e. The largest absolute Gasteiger partial charge is 0.367 e. The zero-order valence-corrected chi connectivity index (χ0v) is 14.7. The van der Waals surface area contributed by atoms with Gasteiger partial charge in [-0.05, 0) is 36.8 Å². The van der Waals surface area contributed by atoms with Crippen molar-refractivity contribution in [3.8, 4) is 0 Å². The van der Waals surface area contributed by atoms with Crippen LogP contribution in [0.2, 0.25) is 0 Å². The summed E-state index contributed by atoms with van der Waals surface area (Å²) in [5.41, 5.74) is 1.78. The van der Waals surface area contributed by atoms with E-state index in [2.05, 4.69) is 14.6 Å². The van der Waals surface area contributed by atoms with Gasteiger partial charge in [0.1, 0.15) is 5.82 Å². The van der Waals surface area contributed by atoms with Crippen molar-refractivity contribution in [3.63, 3.8) is 0 Å². The molecule has 1 amide bonds. The minimum atomic E-state index is -3.66. The number of aryl methyl sites for hydroxylation is 1. The summed E-state index contributed by atoms with van der Waals surface area (Å²) in [6.45, 7) is 4.65. The number of hydrogen-bond donors (Lipinski definition) is 1. The second-order valence-electron chi connectivity index (χ2n) is 5.95. The van der Waals surface area contributed by atoms with Gasteiger partial charge in [0.15, 0.2) is 0 Å². The Bertz CT molecular complexity index is 844. The lowest BCUT2D eigenvalue weighted by atomic mass is 10.2. The lowest BCUT2D eigenvalue weighted by molar-refractivity contribution is -0.118. The number of rotatable bonds is 5. The number of nitrogens with zero attached hydrogens (tertiary/aromatic N) is 3. The Labute approximate surface area is 147 Å². The van der Waals surface area contributed by atoms with Crippen LogP contribution in [0.5, 0.6) is 0 Å². The predicted molar refractivity (Wildman–Crippen MR) is 96.1 cm³/mol. The summed E-state index contributed by atoms with van der Waals surface area (Å²) in [6, 6.07) is 10.2. The van der Waals surface area contributed by atoms with Crippen LogP contribution in [-0.4, -0.2) is 50.9 Å². The van der Waals surface area contributed by atoms with E-state index in [1.165, 1.54) is 0 Å². The molecule has 1 aromatic carbocycles. The first kappa shape index (κ1) is 17.2. The molecule has 1 saturated heterocycles. The highest BCUT2D eigenvalue weighted by atomic mass is 32.2. The van der Waals surface area contributed by atoms with Crippen molar-refractivity contribution in [2.45, 2.75) is 11.8 Å². The summed E-state index contributed by atoms with van der Waals surface area (Å²) >= 11 is 0. The van der Waals surface area contributed by atoms with Crippen LogP contribution in [0.3, 0.4) is 0 Å². The van der Waals surface area contributed by atoms with Gasteiger partial charge in [0, 0.05) is 26.2 Å². The molecule has 0 spiro atoms. The topological polar surface area (TPSA) is 82.6 Å². The number of benzene rings is 1. The van der Waals surface area contributed by atoms with Crippen molar-refractivity contribution in [1.29, 1.82) is 0 Å². The zero-order valence-electron chi connectivity index (χ0n) is 13.9. The van der Waals surface area contributed by atoms with Crippen LogP contribution in [0.15, 0.2) is 47.5 Å². The number of piperazine rings is 1. The van der Waals surface area contributed by atoms with Crippen LogP contribution in [0.25, 0.3) is 0 Å². The molecule has 7 nitrogen and oxygen atoms in total. The van der Waals surface area contributed by atoms with Gasteiger partial charge in [-0.25, -0.2) is 13.4 Å². The number of hydrogen-bond acceptors (Lipinski definition) is 5. The molecule has 3 rings (SSSR count). The molecular formula is C17H20N4O3S. The van der Waals surface area contributed by atoms with Crippen LogP contribution in [0.1, 0.15) is 5.56 Å². The van der Waals surface area contributed by atoms with E-state index in [-0.39, 0.29) is 10.7 Å². The Hall–Kier alpha value is -2.61. The molecule has 25 heavy (non-hydrogen) atoms. The molecular weight excluding hydrogens is 340 g/mol. The molecule has 2 heterocycles. The van der Waals surface area contributed by atoms with E-state index >= 15 is 0 Å². The second-order valence-corrected chi connectivity index (χ2v) is 7.63. The summed E-state index contributed by atoms with van der Waals surface area (Å²) in [5, 5.41) is 0. The Morgan fingerprint density at radius 3 is 2.48 bits per heavy atom. The van der Waals surface area contributed by atoms with Gasteiger partial charge in [-0.2, -0.15) is 0 Å². The molecule has 0 atom stereocenters. The number of anilines is 2. The molecule has 0 aliphatic carbocycles. The number of aromatic nitrogens is 1. The van der Waals surface area contributed by atoms with E-state index in [1.807, 2.05) is 19.1 Å². The number of sulfonamides is 1. The number of carbonyl (C=O) groups is 1. The van der Waals surface area contributed by atoms with E-state index in [9.17, 15) is 13.2 Å². The monoisotopic (exact) mass is 360 g/mol. The number of pyridine rings is 1. The lowest BCUT2D eigenvalue weighted by Crippen LogP contribution is -2.45. The third kappa shape index (κ3) is 4.08. The average Bonchev–Trinajstić information content (AvgIpc) is 2.62. The van der Waals surface area contributed by atoms with Gasteiger partial charge in [-0.15, -0.1) is 0 Å². The molecule has 2 aromatic rings. The minimum Gasteiger partial charge on any atom is -0.367 e. The fraction of sp³-hybridized carbons (Fsp3) is 0.294. The number of amides is 1. The van der Waals surface area contributed by atoms with Crippen LogP contribution >= 0.6 is 0 Å². The summed E-state index contributed by atoms with van der Waals surface area (Å²) in [7, 11) is -3.66. The van der Waals surface area contributed by atoms with Gasteiger partial charge in [0.25, 0.3) is 10.0 Å². The molecule has 0 bridgehead atoms. The van der Waals surface area contributed by atoms with Crippen molar-refractivity contribution < 1.29 is 13.2 Å². The third-order valence-electron chi connectivity index (χ3n) is 4.12. The van der Waals surface area contributed by atoms with Crippen LogP contribution in [0.4, 0.5) is 11.5 Å². The highest BCUT2D eigenvalue weighted by molar-refractivity contribution is 7.92. The second kappa shape index (κ2) is 7.10. The minimum absolute atomic E-state index is 0.211. The maximum absolute atomic E-state index is 12.4. The van der Waals surface area contributed by atoms with Crippen LogP contribution in [0, 0.1) is 6.92 Å². The van der Waals surface area contributed by atoms with Crippen molar-refractivity contribution in [2.75, 3.05) is 35.8 Å². The van der Waals surface area contributed by atoms with E-state index in [1.54, 1.807) is 35.4 Å². The van der Waals surface area contributed by atoms with E-state index in [0.717, 1.165) is 30.8 Å². The first-order chi connectivity index (χ1) is 12.0. The van der Waals surface area contributed by atoms with Gasteiger partial charge in [0.2, 0.25) is 6.41 Å². The SMILES string of the molecule is Cc1cccc(S(=O)(=O)Nc2ccc(N3CCN(C=O)CC3)cn2)c1. The summed E-state index contributed by atoms with van der Waals surface area (Å²) < 4.78 is 27.3. The van der Waals surface area contributed by atoms with Gasteiger partial charge in [-0.1, -0.05) is 12.1 Å². The molecule has 1 aromatic heterocycles. The molecule has 0 unspecified atom stereocenters. The first-order valence-electron chi connectivity index (χ1n) is 7.98. The Kier molecular flexibility index (Phi) is 4.89. The number of carbonyl (C=O) groups excluding carboxylic acids is 1. The van der Waals surface area contributed by atoms with Gasteiger partial charge >= 0.3 is 0 Å². The quantitative estimate of drug-likeness (QED) is 0.817. The average molecular weight is 360 g/mol. The Balaban J connectivity index is 1.69. The summed E-state index contributed by atoms with van der Waals surface area (Å²) in [4.78, 5) is 19.0. The van der Waals surface area contributed by atoms with E-state index in [4.69, 9.17) is 0 Å². The molecule has 1 aliphatic heterocycles. The third-order valence-corrected chi connectivity index (χ3v) is 5.47. The van der Waals surface area contributed by atoms with Gasteiger partial charge < -0.3 is 9.80 Å². The summed E-state index contributed by atoms with van der Waals surface area (Å²) in [6.07, 6.45) is 2.50. The molecule has 0 saturated carbocycles. The molecule has 1 aliphatic rings. The Morgan fingerprint density at radius 1 is 1.12 bits per heavy atom. The summed E-state index contributed by atoms with van der Waals surface area (Å²) in [5.74, 6) is 0.275. The van der Waals surface area contributed by atoms with Gasteiger partial charge in [-0.3, -0.25) is 9.52 Å². The van der Waals surface area contributed by atoms with Crippen LogP contribution < -0.4 is 9.62 Å². The van der Waals surface area contributed by atoms with Crippen molar-refractivity contribution in [3.05, 3.63) is 48.2 Å². The van der Waals surface area contributed by atoms with E-state index < -0.39 is 10.0 Å². The van der Waals surface area contributed by atoms with Crippen LogP contribution in [-0.2, 0) is 14.8 Å². The highest BCUT2D eigenvalue weighted by Gasteiger charge is 2.17. The molecule has 8 heteroatoms. The zero-order chi connectivity index (χ0) is 17.9. The fourth-order valence-corrected chi connectivity index (χ4v) is 3.81. The molecule has 0 radical (unpaired) electrons. The maximum atomic E-state index is 12.4. The standard InChI is InChI=1S/C17H20N4O3S/c1-14-3-2-4-16(11-14)25(23,24)19-17-6-5-15(12-18-17)21-9-7-20(13-22)8-10-21/h2-6,11-13H,7-10H2,1H3,(H,18,19). The predicted octanol–water partition coefficient (Wildman–Crippen LogP) is 1.47. The lowest BCUT2D eigenvalue weighted by Gasteiger charge is -2.33. The first-order valence-corrected chi connectivity index (χ1v) is 9.46.